The summed E-state index contributed by atoms with van der Waals surface area (Å²) in [5.74, 6) is -0.539. The summed E-state index contributed by atoms with van der Waals surface area (Å²) in [5, 5.41) is 10.6. The van der Waals surface area contributed by atoms with E-state index in [2.05, 4.69) is 41.5 Å². The van der Waals surface area contributed by atoms with Gasteiger partial charge < -0.3 is 33.8 Å². The Morgan fingerprint density at radius 3 is 0.800 bits per heavy atom. The molecule has 0 spiro atoms. The summed E-state index contributed by atoms with van der Waals surface area (Å²) in [6.07, 6.45) is 55.2. The molecule has 17 nitrogen and oxygen atoms in total. The molecular weight excluding hydrogens is 1250 g/mol. The van der Waals surface area contributed by atoms with Gasteiger partial charge in [0.25, 0.3) is 0 Å². The number of carbonyl (C=O) groups excluding carboxylic acids is 4. The van der Waals surface area contributed by atoms with E-state index in [4.69, 9.17) is 37.0 Å². The van der Waals surface area contributed by atoms with Crippen LogP contribution >= 0.6 is 15.6 Å². The molecule has 0 fully saturated rings. The Kier molecular flexibility index (Phi) is 66.5. The first-order chi connectivity index (χ1) is 45.9. The van der Waals surface area contributed by atoms with Crippen LogP contribution in [-0.2, 0) is 65.4 Å². The number of phosphoric ester groups is 2. The van der Waals surface area contributed by atoms with Crippen molar-refractivity contribution >= 4 is 39.5 Å². The van der Waals surface area contributed by atoms with Crippen molar-refractivity contribution < 1.29 is 80.2 Å². The molecule has 19 heteroatoms. The van der Waals surface area contributed by atoms with Gasteiger partial charge in [0, 0.05) is 25.7 Å². The number of rotatable bonds is 75. The average molecular weight is 1400 g/mol. The summed E-state index contributed by atoms with van der Waals surface area (Å²) in [5.41, 5.74) is 0. The van der Waals surface area contributed by atoms with Crippen molar-refractivity contribution in [3.05, 3.63) is 0 Å². The molecule has 0 rings (SSSR count). The maximum atomic E-state index is 13.1. The van der Waals surface area contributed by atoms with Crippen LogP contribution in [0, 0.1) is 11.8 Å². The second kappa shape index (κ2) is 67.9. The van der Waals surface area contributed by atoms with Crippen LogP contribution < -0.4 is 0 Å². The Hall–Kier alpha value is -1.94. The van der Waals surface area contributed by atoms with Gasteiger partial charge in [-0.2, -0.15) is 0 Å². The molecule has 0 aromatic rings. The van der Waals surface area contributed by atoms with Gasteiger partial charge in [0.15, 0.2) is 12.2 Å². The molecule has 0 saturated heterocycles. The fraction of sp³-hybridized carbons (Fsp3) is 0.947. The van der Waals surface area contributed by atoms with E-state index >= 15 is 0 Å². The lowest BCUT2D eigenvalue weighted by Crippen LogP contribution is -2.30. The summed E-state index contributed by atoms with van der Waals surface area (Å²) in [7, 11) is -9.91. The molecule has 0 amide bonds. The van der Waals surface area contributed by atoms with Crippen molar-refractivity contribution in [2.45, 2.75) is 413 Å². The third-order valence-electron chi connectivity index (χ3n) is 18.1. The number of hydrogen-bond donors (Lipinski definition) is 3. The van der Waals surface area contributed by atoms with Crippen LogP contribution in [0.25, 0.3) is 0 Å². The normalized spacial score (nSPS) is 14.3. The van der Waals surface area contributed by atoms with Gasteiger partial charge in [0.05, 0.1) is 26.4 Å². The van der Waals surface area contributed by atoms with Crippen molar-refractivity contribution in [3.63, 3.8) is 0 Å². The van der Waals surface area contributed by atoms with Gasteiger partial charge in [-0.3, -0.25) is 37.3 Å². The highest BCUT2D eigenvalue weighted by Crippen LogP contribution is 2.45. The van der Waals surface area contributed by atoms with Crippen LogP contribution in [0.5, 0.6) is 0 Å². The van der Waals surface area contributed by atoms with Crippen LogP contribution in [0.1, 0.15) is 395 Å². The summed E-state index contributed by atoms with van der Waals surface area (Å²) < 4.78 is 68.6. The fourth-order valence-corrected chi connectivity index (χ4v) is 13.2. The van der Waals surface area contributed by atoms with Gasteiger partial charge in [0.2, 0.25) is 0 Å². The lowest BCUT2D eigenvalue weighted by molar-refractivity contribution is -0.161. The monoisotopic (exact) mass is 1400 g/mol. The minimum atomic E-state index is -4.96. The molecule has 564 valence electrons. The second-order valence-electron chi connectivity index (χ2n) is 28.1. The standard InChI is InChI=1S/C76H148O17P2/c1-7-10-12-14-16-18-20-21-22-23-24-28-36-42-48-54-60-75(80)92-71(65-87-74(79)59-53-47-41-35-29-25-27-32-38-44-50-56-68(4)5)66-90-94(82,83)88-62-70(77)63-89-95(84,85)91-67-72(64-86-73(78)58-52-46-40-34-26-19-17-15-13-11-8-2)93-76(81)61-55-49-43-37-31-30-33-39-45-51-57-69(6)9-3/h68-72,77H,7-67H2,1-6H3,(H,82,83)(H,84,85)/t69?,70-,71-,72-/m1/s1. The first kappa shape index (κ1) is 93.1. The van der Waals surface area contributed by atoms with E-state index in [0.717, 1.165) is 102 Å². The topological polar surface area (TPSA) is 237 Å². The third kappa shape index (κ3) is 69.0. The second-order valence-corrected chi connectivity index (χ2v) is 31.0. The predicted octanol–water partition coefficient (Wildman–Crippen LogP) is 22.3. The molecule has 0 heterocycles. The Morgan fingerprint density at radius 1 is 0.305 bits per heavy atom. The zero-order chi connectivity index (χ0) is 70.0. The van der Waals surface area contributed by atoms with Crippen molar-refractivity contribution in [2.75, 3.05) is 39.6 Å². The van der Waals surface area contributed by atoms with E-state index in [1.165, 1.54) is 212 Å². The van der Waals surface area contributed by atoms with Gasteiger partial charge in [-0.25, -0.2) is 9.13 Å². The van der Waals surface area contributed by atoms with E-state index < -0.39 is 97.5 Å². The molecule has 0 aliphatic rings. The summed E-state index contributed by atoms with van der Waals surface area (Å²) >= 11 is 0. The zero-order valence-electron chi connectivity index (χ0n) is 62.0. The molecular formula is C76H148O17P2. The largest absolute Gasteiger partial charge is 0.472 e. The van der Waals surface area contributed by atoms with E-state index in [1.807, 2.05) is 0 Å². The number of esters is 4. The van der Waals surface area contributed by atoms with Crippen molar-refractivity contribution in [2.24, 2.45) is 11.8 Å². The van der Waals surface area contributed by atoms with Gasteiger partial charge >= 0.3 is 39.5 Å². The van der Waals surface area contributed by atoms with Gasteiger partial charge in [-0.1, -0.05) is 343 Å². The number of aliphatic hydroxyl groups excluding tert-OH is 1. The number of ether oxygens (including phenoxy) is 4. The van der Waals surface area contributed by atoms with E-state index in [-0.39, 0.29) is 25.7 Å². The first-order valence-electron chi connectivity index (χ1n) is 39.5. The average Bonchev–Trinajstić information content (AvgIpc) is 3.76. The molecule has 0 aliphatic heterocycles. The Balaban J connectivity index is 5.26. The zero-order valence-corrected chi connectivity index (χ0v) is 63.8. The van der Waals surface area contributed by atoms with E-state index in [0.29, 0.717) is 25.7 Å². The van der Waals surface area contributed by atoms with Crippen molar-refractivity contribution in [1.29, 1.82) is 0 Å². The number of carbonyl (C=O) groups is 4. The van der Waals surface area contributed by atoms with E-state index in [9.17, 15) is 43.2 Å². The summed E-state index contributed by atoms with van der Waals surface area (Å²) in [6.45, 7) is 9.63. The predicted molar refractivity (Wildman–Crippen MR) is 386 cm³/mol. The SMILES string of the molecule is CCCCCCCCCCCCCCCCCCC(=O)O[C@H](COC(=O)CCCCCCCCCCCCCC(C)C)COP(=O)(O)OC[C@@H](O)COP(=O)(O)OC[C@@H](COC(=O)CCCCCCCCCCCCC)OC(=O)CCCCCCCCCCCCC(C)CC. The van der Waals surface area contributed by atoms with E-state index in [1.54, 1.807) is 0 Å². The maximum absolute atomic E-state index is 13.1. The molecule has 0 aromatic heterocycles. The number of hydrogen-bond acceptors (Lipinski definition) is 15. The summed E-state index contributed by atoms with van der Waals surface area (Å²) in [6, 6.07) is 0. The fourth-order valence-electron chi connectivity index (χ4n) is 11.6. The van der Waals surface area contributed by atoms with Crippen LogP contribution in [0.3, 0.4) is 0 Å². The van der Waals surface area contributed by atoms with Gasteiger partial charge in [-0.05, 0) is 37.5 Å². The van der Waals surface area contributed by atoms with Crippen molar-refractivity contribution in [1.82, 2.24) is 0 Å². The minimum Gasteiger partial charge on any atom is -0.462 e. The Morgan fingerprint density at radius 2 is 0.537 bits per heavy atom. The molecule has 0 aliphatic carbocycles. The Bertz CT molecular complexity index is 1840. The van der Waals surface area contributed by atoms with Crippen LogP contribution in [0.15, 0.2) is 0 Å². The van der Waals surface area contributed by atoms with Crippen LogP contribution in [-0.4, -0.2) is 96.7 Å². The lowest BCUT2D eigenvalue weighted by atomic mass is 9.99. The third-order valence-corrected chi connectivity index (χ3v) is 20.0. The number of aliphatic hydroxyl groups is 1. The molecule has 3 unspecified atom stereocenters. The van der Waals surface area contributed by atoms with Crippen molar-refractivity contribution in [3.8, 4) is 0 Å². The molecule has 0 radical (unpaired) electrons. The van der Waals surface area contributed by atoms with Gasteiger partial charge in [-0.15, -0.1) is 0 Å². The minimum absolute atomic E-state index is 0.107. The highest BCUT2D eigenvalue weighted by Gasteiger charge is 2.30. The molecule has 6 atom stereocenters. The quantitative estimate of drug-likeness (QED) is 0.0222. The molecule has 0 bridgehead atoms. The first-order valence-corrected chi connectivity index (χ1v) is 42.5. The highest BCUT2D eigenvalue weighted by atomic mass is 31.2. The number of phosphoric acid groups is 2. The maximum Gasteiger partial charge on any atom is 0.472 e. The summed E-state index contributed by atoms with van der Waals surface area (Å²) in [4.78, 5) is 72.8. The van der Waals surface area contributed by atoms with Crippen LogP contribution in [0.4, 0.5) is 0 Å². The molecule has 0 aromatic carbocycles. The number of unbranched alkanes of at least 4 members (excludes halogenated alkanes) is 44. The Labute approximate surface area is 581 Å². The lowest BCUT2D eigenvalue weighted by Gasteiger charge is -2.21. The van der Waals surface area contributed by atoms with Crippen LogP contribution in [0.2, 0.25) is 0 Å². The smallest absolute Gasteiger partial charge is 0.462 e. The van der Waals surface area contributed by atoms with Gasteiger partial charge in [0.1, 0.15) is 19.3 Å². The molecule has 95 heavy (non-hydrogen) atoms. The molecule has 3 N–H and O–H groups in total. The highest BCUT2D eigenvalue weighted by molar-refractivity contribution is 7.47. The molecule has 0 saturated carbocycles.